The molecule has 0 atom stereocenters. The molecule has 3 rings (SSSR count). The normalized spacial score (nSPS) is 19.9. The minimum absolute atomic E-state index is 0.0107. The minimum Gasteiger partial charge on any atom is -0.336 e. The molecule has 0 aliphatic carbocycles. The number of fused-ring (bicyclic) bond motifs is 1. The Kier molecular flexibility index (Phi) is 6.21. The molecule has 0 bridgehead atoms. The highest BCUT2D eigenvalue weighted by molar-refractivity contribution is 5.96. The summed E-state index contributed by atoms with van der Waals surface area (Å²) in [4.78, 5) is 35.6. The summed E-state index contributed by atoms with van der Waals surface area (Å²) in [6.45, 7) is 11.7. The molecule has 7 nitrogen and oxygen atoms in total. The summed E-state index contributed by atoms with van der Waals surface area (Å²) < 4.78 is 0. The van der Waals surface area contributed by atoms with Crippen molar-refractivity contribution in [3.05, 3.63) is 23.4 Å². The number of amides is 2. The number of carbonyl (C=O) groups excluding carboxylic acids is 2. The number of anilines is 1. The second-order valence-corrected chi connectivity index (χ2v) is 6.94. The third-order valence-corrected chi connectivity index (χ3v) is 5.38. The van der Waals surface area contributed by atoms with Crippen molar-refractivity contribution in [3.63, 3.8) is 0 Å². The molecule has 0 aromatic carbocycles. The van der Waals surface area contributed by atoms with E-state index in [9.17, 15) is 9.59 Å². The Morgan fingerprint density at radius 2 is 1.65 bits per heavy atom. The molecule has 1 N–H and O–H groups in total. The van der Waals surface area contributed by atoms with Gasteiger partial charge in [0.2, 0.25) is 5.91 Å². The summed E-state index contributed by atoms with van der Waals surface area (Å²) in [5.41, 5.74) is 1.57. The number of rotatable bonds is 3. The fraction of sp³-hybridized carbons (Fsp3) is 0.632. The number of likely N-dealkylation sites (N-methyl/N-ethyl adjacent to an activating group) is 2. The molecule has 2 aliphatic rings. The molecule has 142 valence electrons. The predicted molar refractivity (Wildman–Crippen MR) is 101 cm³/mol. The molecule has 1 aromatic heterocycles. The Bertz CT molecular complexity index is 647. The number of nitrogens with zero attached hydrogens (tertiary/aromatic N) is 4. The lowest BCUT2D eigenvalue weighted by Gasteiger charge is -2.26. The van der Waals surface area contributed by atoms with Gasteiger partial charge < -0.3 is 20.0 Å². The predicted octanol–water partition coefficient (Wildman–Crippen LogP) is 1.07. The number of hydrogen-bond donors (Lipinski definition) is 1. The van der Waals surface area contributed by atoms with Crippen LogP contribution < -0.4 is 5.32 Å². The van der Waals surface area contributed by atoms with Crippen molar-refractivity contribution in [1.82, 2.24) is 19.7 Å². The Balaban J connectivity index is 1.75. The van der Waals surface area contributed by atoms with E-state index < -0.39 is 0 Å². The zero-order valence-corrected chi connectivity index (χ0v) is 15.8. The van der Waals surface area contributed by atoms with E-state index in [0.717, 1.165) is 57.9 Å². The zero-order valence-electron chi connectivity index (χ0n) is 15.8. The molecule has 3 heterocycles. The zero-order chi connectivity index (χ0) is 18.5. The van der Waals surface area contributed by atoms with E-state index in [1.165, 1.54) is 0 Å². The van der Waals surface area contributed by atoms with Crippen molar-refractivity contribution in [3.8, 4) is 0 Å². The van der Waals surface area contributed by atoms with E-state index >= 15 is 0 Å². The second-order valence-electron chi connectivity index (χ2n) is 6.94. The van der Waals surface area contributed by atoms with Gasteiger partial charge >= 0.3 is 0 Å². The summed E-state index contributed by atoms with van der Waals surface area (Å²) in [5, 5.41) is 2.77. The molecule has 0 unspecified atom stereocenters. The van der Waals surface area contributed by atoms with E-state index in [2.05, 4.69) is 33.9 Å². The standard InChI is InChI=1S/C19H29N5O2/c1-3-22-7-8-23(4-2)10-12-24(11-9-22)19(26)16-13-15-5-6-17(25)21-18(15)20-14-16/h13-14H,3-12H2,1-2H3,(H,20,21,25). The van der Waals surface area contributed by atoms with E-state index in [-0.39, 0.29) is 11.8 Å². The first-order valence-electron chi connectivity index (χ1n) is 9.63. The van der Waals surface area contributed by atoms with Crippen LogP contribution >= 0.6 is 0 Å². The second kappa shape index (κ2) is 8.60. The highest BCUT2D eigenvalue weighted by Gasteiger charge is 2.23. The van der Waals surface area contributed by atoms with Gasteiger partial charge in [0.1, 0.15) is 5.82 Å². The van der Waals surface area contributed by atoms with Crippen molar-refractivity contribution >= 4 is 17.6 Å². The average Bonchev–Trinajstić information content (AvgIpc) is 2.77. The average molecular weight is 359 g/mol. The lowest BCUT2D eigenvalue weighted by molar-refractivity contribution is -0.116. The van der Waals surface area contributed by atoms with Gasteiger partial charge in [0.25, 0.3) is 5.91 Å². The Morgan fingerprint density at radius 3 is 2.27 bits per heavy atom. The number of hydrogen-bond acceptors (Lipinski definition) is 5. The van der Waals surface area contributed by atoms with Gasteiger partial charge in [0.05, 0.1) is 5.56 Å². The van der Waals surface area contributed by atoms with Crippen LogP contribution in [0.2, 0.25) is 0 Å². The summed E-state index contributed by atoms with van der Waals surface area (Å²) in [5.74, 6) is 0.617. The monoisotopic (exact) mass is 359 g/mol. The van der Waals surface area contributed by atoms with Gasteiger partial charge in [-0.2, -0.15) is 0 Å². The topological polar surface area (TPSA) is 68.8 Å². The van der Waals surface area contributed by atoms with E-state index in [0.29, 0.717) is 24.2 Å². The fourth-order valence-corrected chi connectivity index (χ4v) is 3.53. The lowest BCUT2D eigenvalue weighted by atomic mass is 10.0. The van der Waals surface area contributed by atoms with Crippen molar-refractivity contribution < 1.29 is 9.59 Å². The first-order chi connectivity index (χ1) is 12.6. The third-order valence-electron chi connectivity index (χ3n) is 5.38. The first kappa shape index (κ1) is 18.8. The molecular formula is C19H29N5O2. The fourth-order valence-electron chi connectivity index (χ4n) is 3.53. The van der Waals surface area contributed by atoms with E-state index in [4.69, 9.17) is 0 Å². The number of aryl methyl sites for hydroxylation is 1. The molecule has 1 fully saturated rings. The van der Waals surface area contributed by atoms with Crippen molar-refractivity contribution in [1.29, 1.82) is 0 Å². The quantitative estimate of drug-likeness (QED) is 0.874. The van der Waals surface area contributed by atoms with Crippen LogP contribution in [0.3, 0.4) is 0 Å². The summed E-state index contributed by atoms with van der Waals surface area (Å²) in [6.07, 6.45) is 2.68. The largest absolute Gasteiger partial charge is 0.336 e. The number of aromatic nitrogens is 1. The first-order valence-corrected chi connectivity index (χ1v) is 9.63. The molecule has 0 saturated carbocycles. The molecule has 2 aliphatic heterocycles. The number of nitrogens with one attached hydrogen (secondary N) is 1. The van der Waals surface area contributed by atoms with Gasteiger partial charge in [-0.1, -0.05) is 13.8 Å². The molecule has 7 heteroatoms. The van der Waals surface area contributed by atoms with Gasteiger partial charge in [-0.3, -0.25) is 9.59 Å². The van der Waals surface area contributed by atoms with Gasteiger partial charge in [0.15, 0.2) is 0 Å². The van der Waals surface area contributed by atoms with E-state index in [1.54, 1.807) is 6.20 Å². The van der Waals surface area contributed by atoms with Gasteiger partial charge in [0, 0.05) is 51.9 Å². The van der Waals surface area contributed by atoms with Crippen LogP contribution in [0.5, 0.6) is 0 Å². The van der Waals surface area contributed by atoms with Crippen LogP contribution in [-0.2, 0) is 11.2 Å². The lowest BCUT2D eigenvalue weighted by Crippen LogP contribution is -2.40. The van der Waals surface area contributed by atoms with Crippen molar-refractivity contribution in [2.24, 2.45) is 0 Å². The van der Waals surface area contributed by atoms with Gasteiger partial charge in [-0.15, -0.1) is 0 Å². The molecule has 1 saturated heterocycles. The number of pyridine rings is 1. The molecule has 2 amide bonds. The SMILES string of the molecule is CCN1CCN(CC)CCN(C(=O)c2cnc3c(c2)CCC(=O)N3)CC1. The van der Waals surface area contributed by atoms with Crippen LogP contribution in [0, 0.1) is 0 Å². The highest BCUT2D eigenvalue weighted by Crippen LogP contribution is 2.21. The third kappa shape index (κ3) is 4.40. The molecular weight excluding hydrogens is 330 g/mol. The van der Waals surface area contributed by atoms with Crippen LogP contribution in [-0.4, -0.2) is 83.9 Å². The molecule has 26 heavy (non-hydrogen) atoms. The van der Waals surface area contributed by atoms with Crippen LogP contribution in [0.25, 0.3) is 0 Å². The molecule has 0 radical (unpaired) electrons. The highest BCUT2D eigenvalue weighted by atomic mass is 16.2. The van der Waals surface area contributed by atoms with Crippen molar-refractivity contribution in [2.45, 2.75) is 26.7 Å². The van der Waals surface area contributed by atoms with Crippen LogP contribution in [0.4, 0.5) is 5.82 Å². The Labute approximate surface area is 155 Å². The van der Waals surface area contributed by atoms with E-state index in [1.807, 2.05) is 11.0 Å². The Morgan fingerprint density at radius 1 is 1.04 bits per heavy atom. The van der Waals surface area contributed by atoms with Gasteiger partial charge in [-0.25, -0.2) is 4.98 Å². The maximum absolute atomic E-state index is 13.1. The van der Waals surface area contributed by atoms with Crippen molar-refractivity contribution in [2.75, 3.05) is 57.7 Å². The van der Waals surface area contributed by atoms with Crippen LogP contribution in [0.1, 0.15) is 36.2 Å². The number of carbonyl (C=O) groups is 2. The van der Waals surface area contributed by atoms with Gasteiger partial charge in [-0.05, 0) is 31.1 Å². The molecule has 0 spiro atoms. The summed E-state index contributed by atoms with van der Waals surface area (Å²) in [7, 11) is 0. The summed E-state index contributed by atoms with van der Waals surface area (Å²) in [6, 6.07) is 1.89. The minimum atomic E-state index is -0.0107. The summed E-state index contributed by atoms with van der Waals surface area (Å²) >= 11 is 0. The maximum atomic E-state index is 13.1. The maximum Gasteiger partial charge on any atom is 0.255 e. The smallest absolute Gasteiger partial charge is 0.255 e. The molecule has 1 aromatic rings. The van der Waals surface area contributed by atoms with Crippen LogP contribution in [0.15, 0.2) is 12.3 Å². The Hall–Kier alpha value is -1.99.